The lowest BCUT2D eigenvalue weighted by Gasteiger charge is -2.15. The van der Waals surface area contributed by atoms with Gasteiger partial charge in [-0.1, -0.05) is 23.2 Å². The highest BCUT2D eigenvalue weighted by Gasteiger charge is 2.13. The first-order valence-electron chi connectivity index (χ1n) is 5.45. The summed E-state index contributed by atoms with van der Waals surface area (Å²) in [4.78, 5) is 0. The lowest BCUT2D eigenvalue weighted by Crippen LogP contribution is -2.06. The minimum absolute atomic E-state index is 0.0217. The molecule has 0 spiro atoms. The van der Waals surface area contributed by atoms with Crippen molar-refractivity contribution in [1.82, 2.24) is 0 Å². The summed E-state index contributed by atoms with van der Waals surface area (Å²) in [5, 5.41) is 4.28. The van der Waals surface area contributed by atoms with E-state index in [0.717, 1.165) is 21.7 Å². The molecule has 18 heavy (non-hydrogen) atoms. The van der Waals surface area contributed by atoms with Crippen molar-refractivity contribution in [2.24, 2.45) is 0 Å². The average Bonchev–Trinajstić information content (AvgIpc) is 2.77. The van der Waals surface area contributed by atoms with Crippen molar-refractivity contribution >= 4 is 44.8 Å². The van der Waals surface area contributed by atoms with E-state index in [1.165, 1.54) is 0 Å². The molecule has 5 heteroatoms. The van der Waals surface area contributed by atoms with Gasteiger partial charge in [-0.2, -0.15) is 0 Å². The summed E-state index contributed by atoms with van der Waals surface area (Å²) >= 11 is 15.6. The predicted molar refractivity (Wildman–Crippen MR) is 79.6 cm³/mol. The van der Waals surface area contributed by atoms with E-state index in [0.29, 0.717) is 10.0 Å². The van der Waals surface area contributed by atoms with Gasteiger partial charge in [0.2, 0.25) is 0 Å². The van der Waals surface area contributed by atoms with Gasteiger partial charge in [0.15, 0.2) is 0 Å². The Hall–Kier alpha value is -0.640. The zero-order chi connectivity index (χ0) is 13.3. The standard InChI is InChI=1S/C13H12BrCl2NO/c1-7-3-6-11(18-7)8(2)17-10-5-4-9(14)12(15)13(10)16/h3-6,8,17H,1-2H3. The number of benzene rings is 1. The number of hydrogen-bond acceptors (Lipinski definition) is 2. The number of halogens is 3. The summed E-state index contributed by atoms with van der Waals surface area (Å²) in [7, 11) is 0. The molecule has 2 aromatic rings. The Balaban J connectivity index is 2.22. The van der Waals surface area contributed by atoms with Gasteiger partial charge >= 0.3 is 0 Å². The number of nitrogens with one attached hydrogen (secondary N) is 1. The fourth-order valence-corrected chi connectivity index (χ4v) is 2.46. The molecule has 0 saturated carbocycles. The van der Waals surface area contributed by atoms with Gasteiger partial charge in [-0.3, -0.25) is 0 Å². The molecule has 1 unspecified atom stereocenters. The van der Waals surface area contributed by atoms with Crippen LogP contribution in [-0.4, -0.2) is 0 Å². The third kappa shape index (κ3) is 2.85. The van der Waals surface area contributed by atoms with Crippen molar-refractivity contribution in [1.29, 1.82) is 0 Å². The van der Waals surface area contributed by atoms with Crippen molar-refractivity contribution in [3.05, 3.63) is 50.3 Å². The number of rotatable bonds is 3. The molecular weight excluding hydrogens is 337 g/mol. The summed E-state index contributed by atoms with van der Waals surface area (Å²) in [6.07, 6.45) is 0. The van der Waals surface area contributed by atoms with Crippen LogP contribution < -0.4 is 5.32 Å². The molecule has 0 amide bonds. The van der Waals surface area contributed by atoms with Gasteiger partial charge in [-0.25, -0.2) is 0 Å². The van der Waals surface area contributed by atoms with Crippen molar-refractivity contribution in [3.8, 4) is 0 Å². The molecule has 1 aromatic carbocycles. The van der Waals surface area contributed by atoms with Gasteiger partial charge in [0.05, 0.1) is 21.8 Å². The van der Waals surface area contributed by atoms with E-state index in [4.69, 9.17) is 27.6 Å². The van der Waals surface area contributed by atoms with Crippen molar-refractivity contribution < 1.29 is 4.42 Å². The summed E-state index contributed by atoms with van der Waals surface area (Å²) < 4.78 is 6.34. The molecular formula is C13H12BrCl2NO. The molecule has 0 bridgehead atoms. The summed E-state index contributed by atoms with van der Waals surface area (Å²) in [5.74, 6) is 1.75. The second-order valence-corrected chi connectivity index (χ2v) is 5.65. The fourth-order valence-electron chi connectivity index (χ4n) is 1.63. The fraction of sp³-hybridized carbons (Fsp3) is 0.231. The van der Waals surface area contributed by atoms with E-state index in [-0.39, 0.29) is 6.04 Å². The maximum Gasteiger partial charge on any atom is 0.126 e. The number of hydrogen-bond donors (Lipinski definition) is 1. The summed E-state index contributed by atoms with van der Waals surface area (Å²) in [5.41, 5.74) is 0.784. The molecule has 0 aliphatic heterocycles. The van der Waals surface area contributed by atoms with Gasteiger partial charge in [-0.05, 0) is 54.0 Å². The van der Waals surface area contributed by atoms with Crippen LogP contribution in [0, 0.1) is 6.92 Å². The first kappa shape index (κ1) is 13.8. The van der Waals surface area contributed by atoms with E-state index in [1.807, 2.05) is 38.1 Å². The Bertz CT molecular complexity index is 568. The Kier molecular flexibility index (Phi) is 4.25. The molecule has 0 radical (unpaired) electrons. The van der Waals surface area contributed by atoms with Gasteiger partial charge in [-0.15, -0.1) is 0 Å². The van der Waals surface area contributed by atoms with E-state index in [2.05, 4.69) is 21.2 Å². The highest BCUT2D eigenvalue weighted by Crippen LogP contribution is 2.37. The van der Waals surface area contributed by atoms with Crippen LogP contribution in [0.4, 0.5) is 5.69 Å². The van der Waals surface area contributed by atoms with Crippen LogP contribution >= 0.6 is 39.1 Å². The molecule has 0 aliphatic rings. The van der Waals surface area contributed by atoms with Crippen LogP contribution in [0.3, 0.4) is 0 Å². The lowest BCUT2D eigenvalue weighted by molar-refractivity contribution is 0.467. The molecule has 2 nitrogen and oxygen atoms in total. The second-order valence-electron chi connectivity index (χ2n) is 4.04. The minimum Gasteiger partial charge on any atom is -0.464 e. The Labute approximate surface area is 124 Å². The van der Waals surface area contributed by atoms with Crippen LogP contribution in [0.5, 0.6) is 0 Å². The van der Waals surface area contributed by atoms with Crippen molar-refractivity contribution in [2.75, 3.05) is 5.32 Å². The molecule has 0 aliphatic carbocycles. The average molecular weight is 349 g/mol. The SMILES string of the molecule is Cc1ccc(C(C)Nc2ccc(Br)c(Cl)c2Cl)o1. The van der Waals surface area contributed by atoms with Gasteiger partial charge in [0.1, 0.15) is 11.5 Å². The quantitative estimate of drug-likeness (QED) is 0.706. The summed E-state index contributed by atoms with van der Waals surface area (Å²) in [6.45, 7) is 3.92. The first-order valence-corrected chi connectivity index (χ1v) is 7.00. The normalized spacial score (nSPS) is 12.5. The predicted octanol–water partition coefficient (Wildman–Crippen LogP) is 5.83. The Morgan fingerprint density at radius 3 is 2.50 bits per heavy atom. The van der Waals surface area contributed by atoms with Crippen LogP contribution in [-0.2, 0) is 0 Å². The smallest absolute Gasteiger partial charge is 0.126 e. The number of furan rings is 1. The van der Waals surface area contributed by atoms with Crippen molar-refractivity contribution in [3.63, 3.8) is 0 Å². The largest absolute Gasteiger partial charge is 0.464 e. The molecule has 1 heterocycles. The Morgan fingerprint density at radius 2 is 1.89 bits per heavy atom. The lowest BCUT2D eigenvalue weighted by atomic mass is 10.2. The van der Waals surface area contributed by atoms with E-state index < -0.39 is 0 Å². The monoisotopic (exact) mass is 347 g/mol. The van der Waals surface area contributed by atoms with Gasteiger partial charge < -0.3 is 9.73 Å². The van der Waals surface area contributed by atoms with Crippen LogP contribution in [0.2, 0.25) is 10.0 Å². The molecule has 2 rings (SSSR count). The van der Waals surface area contributed by atoms with E-state index in [9.17, 15) is 0 Å². The highest BCUT2D eigenvalue weighted by molar-refractivity contribution is 9.10. The third-order valence-electron chi connectivity index (χ3n) is 2.60. The minimum atomic E-state index is 0.0217. The van der Waals surface area contributed by atoms with E-state index in [1.54, 1.807) is 0 Å². The van der Waals surface area contributed by atoms with Crippen LogP contribution in [0.25, 0.3) is 0 Å². The van der Waals surface area contributed by atoms with Gasteiger partial charge in [0, 0.05) is 4.47 Å². The number of aryl methyl sites for hydroxylation is 1. The third-order valence-corrected chi connectivity index (χ3v) is 4.37. The maximum atomic E-state index is 6.18. The molecule has 0 saturated heterocycles. The highest BCUT2D eigenvalue weighted by atomic mass is 79.9. The number of anilines is 1. The molecule has 96 valence electrons. The maximum absolute atomic E-state index is 6.18. The zero-order valence-electron chi connectivity index (χ0n) is 9.93. The van der Waals surface area contributed by atoms with Crippen molar-refractivity contribution in [2.45, 2.75) is 19.9 Å². The molecule has 1 atom stereocenters. The first-order chi connectivity index (χ1) is 8.49. The Morgan fingerprint density at radius 1 is 1.17 bits per heavy atom. The zero-order valence-corrected chi connectivity index (χ0v) is 13.0. The van der Waals surface area contributed by atoms with Crippen LogP contribution in [0.15, 0.2) is 33.2 Å². The van der Waals surface area contributed by atoms with E-state index >= 15 is 0 Å². The summed E-state index contributed by atoms with van der Waals surface area (Å²) in [6, 6.07) is 7.64. The molecule has 0 fully saturated rings. The molecule has 1 aromatic heterocycles. The molecule has 1 N–H and O–H groups in total. The van der Waals surface area contributed by atoms with Crippen LogP contribution in [0.1, 0.15) is 24.5 Å². The topological polar surface area (TPSA) is 25.2 Å². The second kappa shape index (κ2) is 5.55. The van der Waals surface area contributed by atoms with Gasteiger partial charge in [0.25, 0.3) is 0 Å².